The van der Waals surface area contributed by atoms with Crippen molar-refractivity contribution in [1.82, 2.24) is 4.90 Å². The van der Waals surface area contributed by atoms with E-state index in [1.165, 1.54) is 5.56 Å². The lowest BCUT2D eigenvalue weighted by molar-refractivity contribution is 0.0319. The van der Waals surface area contributed by atoms with Crippen molar-refractivity contribution in [1.29, 1.82) is 0 Å². The van der Waals surface area contributed by atoms with Gasteiger partial charge in [0.1, 0.15) is 5.60 Å². The number of hydrogen-bond acceptors (Lipinski definition) is 3. The van der Waals surface area contributed by atoms with Crippen molar-refractivity contribution >= 4 is 6.09 Å². The maximum Gasteiger partial charge on any atom is 0.414 e. The lowest BCUT2D eigenvalue weighted by Gasteiger charge is -2.33. The van der Waals surface area contributed by atoms with E-state index in [4.69, 9.17) is 4.74 Å². The number of allylic oxidation sites excluding steroid dienone is 1. The zero-order chi connectivity index (χ0) is 15.7. The maximum absolute atomic E-state index is 12.5. The molecular formula is C18H21NO3. The minimum Gasteiger partial charge on any atom is -0.443 e. The van der Waals surface area contributed by atoms with Gasteiger partial charge < -0.3 is 9.84 Å². The number of carbonyl (C=O) groups is 1. The van der Waals surface area contributed by atoms with Crippen molar-refractivity contribution < 1.29 is 14.6 Å². The summed E-state index contributed by atoms with van der Waals surface area (Å²) in [5.74, 6) is 0.444. The Morgan fingerprint density at radius 1 is 1.36 bits per heavy atom. The summed E-state index contributed by atoms with van der Waals surface area (Å²) >= 11 is 0. The highest BCUT2D eigenvalue weighted by molar-refractivity contribution is 5.75. The Morgan fingerprint density at radius 2 is 2.09 bits per heavy atom. The molecule has 0 bridgehead atoms. The minimum absolute atomic E-state index is 0.0767. The molecular weight excluding hydrogens is 278 g/mol. The molecule has 1 N–H and O–H groups in total. The molecule has 4 nitrogen and oxygen atoms in total. The van der Waals surface area contributed by atoms with Gasteiger partial charge in [0, 0.05) is 17.7 Å². The van der Waals surface area contributed by atoms with Crippen LogP contribution in [-0.2, 0) is 10.2 Å². The average molecular weight is 299 g/mol. The molecule has 1 aliphatic heterocycles. The summed E-state index contributed by atoms with van der Waals surface area (Å²) in [6, 6.07) is 8.03. The van der Waals surface area contributed by atoms with Crippen LogP contribution in [0.3, 0.4) is 0 Å². The van der Waals surface area contributed by atoms with Gasteiger partial charge in [-0.05, 0) is 50.3 Å². The number of aliphatic hydroxyl groups excluding tert-OH is 1. The molecule has 3 aliphatic rings. The van der Waals surface area contributed by atoms with E-state index in [9.17, 15) is 9.90 Å². The maximum atomic E-state index is 12.5. The van der Waals surface area contributed by atoms with Crippen LogP contribution in [0.1, 0.15) is 44.4 Å². The SMILES string of the molecule is CC(C)(C)OC(=O)N1C[C@H]2C[C@@]23C1=CC(O)c1ccccc13. The molecule has 1 saturated heterocycles. The lowest BCUT2D eigenvalue weighted by atomic mass is 9.81. The molecule has 0 aromatic heterocycles. The van der Waals surface area contributed by atoms with Crippen molar-refractivity contribution in [3.05, 3.63) is 47.2 Å². The Balaban J connectivity index is 1.72. The highest BCUT2D eigenvalue weighted by atomic mass is 16.6. The van der Waals surface area contributed by atoms with Crippen LogP contribution in [0, 0.1) is 5.92 Å². The molecule has 22 heavy (non-hydrogen) atoms. The van der Waals surface area contributed by atoms with Gasteiger partial charge in [-0.1, -0.05) is 24.3 Å². The van der Waals surface area contributed by atoms with Gasteiger partial charge in [-0.25, -0.2) is 4.79 Å². The summed E-state index contributed by atoms with van der Waals surface area (Å²) in [5, 5.41) is 10.4. The summed E-state index contributed by atoms with van der Waals surface area (Å²) in [6.45, 7) is 6.30. The van der Waals surface area contributed by atoms with Crippen LogP contribution in [0.25, 0.3) is 0 Å². The van der Waals surface area contributed by atoms with Crippen molar-refractivity contribution in [3.8, 4) is 0 Å². The number of fused-ring (bicyclic) bond motifs is 1. The van der Waals surface area contributed by atoms with Gasteiger partial charge in [0.2, 0.25) is 0 Å². The van der Waals surface area contributed by atoms with Crippen LogP contribution in [0.2, 0.25) is 0 Å². The number of benzene rings is 1. The smallest absolute Gasteiger partial charge is 0.414 e. The third kappa shape index (κ3) is 1.76. The Kier molecular flexibility index (Phi) is 2.60. The predicted molar refractivity (Wildman–Crippen MR) is 82.2 cm³/mol. The van der Waals surface area contributed by atoms with E-state index in [1.807, 2.05) is 45.0 Å². The molecule has 0 radical (unpaired) electrons. The zero-order valence-corrected chi connectivity index (χ0v) is 13.2. The number of carbonyl (C=O) groups excluding carboxylic acids is 1. The van der Waals surface area contributed by atoms with E-state index in [0.29, 0.717) is 12.5 Å². The van der Waals surface area contributed by atoms with Crippen LogP contribution in [0.15, 0.2) is 36.0 Å². The van der Waals surface area contributed by atoms with Crippen molar-refractivity contribution in [3.63, 3.8) is 0 Å². The van der Waals surface area contributed by atoms with Gasteiger partial charge in [-0.15, -0.1) is 0 Å². The first-order valence-electron chi connectivity index (χ1n) is 7.83. The summed E-state index contributed by atoms with van der Waals surface area (Å²) < 4.78 is 5.52. The molecule has 2 aliphatic carbocycles. The van der Waals surface area contributed by atoms with E-state index in [2.05, 4.69) is 6.07 Å². The standard InChI is InChI=1S/C18H21NO3/c1-17(2,3)22-16(21)19-10-11-9-18(11)13-7-5-4-6-12(13)14(20)8-15(18)19/h4-8,11,14,20H,9-10H2,1-3H3/t11-,14?,18-/m1/s1. The number of aliphatic hydroxyl groups is 1. The second kappa shape index (κ2) is 4.13. The van der Waals surface area contributed by atoms with E-state index in [0.717, 1.165) is 17.7 Å². The van der Waals surface area contributed by atoms with Gasteiger partial charge in [-0.3, -0.25) is 4.90 Å². The lowest BCUT2D eigenvalue weighted by Crippen LogP contribution is -2.37. The fourth-order valence-electron chi connectivity index (χ4n) is 4.02. The molecule has 1 amide bonds. The summed E-state index contributed by atoms with van der Waals surface area (Å²) in [7, 11) is 0. The van der Waals surface area contributed by atoms with E-state index in [1.54, 1.807) is 4.90 Å². The highest BCUT2D eigenvalue weighted by Gasteiger charge is 2.67. The summed E-state index contributed by atoms with van der Waals surface area (Å²) in [5.41, 5.74) is 2.49. The summed E-state index contributed by atoms with van der Waals surface area (Å²) in [4.78, 5) is 14.2. The Morgan fingerprint density at radius 3 is 2.82 bits per heavy atom. The molecule has 4 rings (SSSR count). The molecule has 1 saturated carbocycles. The first-order valence-corrected chi connectivity index (χ1v) is 7.83. The number of nitrogens with zero attached hydrogens (tertiary/aromatic N) is 1. The second-order valence-corrected chi connectivity index (χ2v) is 7.55. The third-order valence-corrected chi connectivity index (χ3v) is 4.95. The van der Waals surface area contributed by atoms with Gasteiger partial charge in [0.25, 0.3) is 0 Å². The number of likely N-dealkylation sites (tertiary alicyclic amines) is 1. The Hall–Kier alpha value is -1.81. The number of ether oxygens (including phenoxy) is 1. The molecule has 1 unspecified atom stereocenters. The van der Waals surface area contributed by atoms with Gasteiger partial charge >= 0.3 is 6.09 Å². The fraction of sp³-hybridized carbons (Fsp3) is 0.500. The average Bonchev–Trinajstić information content (AvgIpc) is 3.06. The second-order valence-electron chi connectivity index (χ2n) is 7.55. The largest absolute Gasteiger partial charge is 0.443 e. The first kappa shape index (κ1) is 13.8. The van der Waals surface area contributed by atoms with Crippen LogP contribution < -0.4 is 0 Å². The van der Waals surface area contributed by atoms with Crippen LogP contribution >= 0.6 is 0 Å². The molecule has 4 heteroatoms. The molecule has 1 heterocycles. The Labute approximate surface area is 130 Å². The molecule has 3 atom stereocenters. The quantitative estimate of drug-likeness (QED) is 0.800. The molecule has 1 aromatic carbocycles. The van der Waals surface area contributed by atoms with Crippen molar-refractivity contribution in [2.24, 2.45) is 5.92 Å². The predicted octanol–water partition coefficient (Wildman–Crippen LogP) is 3.13. The van der Waals surface area contributed by atoms with E-state index >= 15 is 0 Å². The van der Waals surface area contributed by atoms with Crippen molar-refractivity contribution in [2.75, 3.05) is 6.54 Å². The van der Waals surface area contributed by atoms with Crippen molar-refractivity contribution in [2.45, 2.75) is 44.3 Å². The van der Waals surface area contributed by atoms with Gasteiger partial charge in [0.05, 0.1) is 6.10 Å². The van der Waals surface area contributed by atoms with Crippen LogP contribution in [0.5, 0.6) is 0 Å². The number of rotatable bonds is 0. The Bertz CT molecular complexity index is 688. The first-order chi connectivity index (χ1) is 10.3. The molecule has 1 aromatic rings. The van der Waals surface area contributed by atoms with Crippen LogP contribution in [-0.4, -0.2) is 28.2 Å². The molecule has 2 fully saturated rings. The third-order valence-electron chi connectivity index (χ3n) is 4.95. The molecule has 1 spiro atoms. The topological polar surface area (TPSA) is 49.8 Å². The van der Waals surface area contributed by atoms with Crippen LogP contribution in [0.4, 0.5) is 4.79 Å². The number of piperidine rings is 1. The highest BCUT2D eigenvalue weighted by Crippen LogP contribution is 2.67. The van der Waals surface area contributed by atoms with Gasteiger partial charge in [0.15, 0.2) is 0 Å². The zero-order valence-electron chi connectivity index (χ0n) is 13.2. The number of hydrogen-bond donors (Lipinski definition) is 1. The number of amides is 1. The van der Waals surface area contributed by atoms with E-state index < -0.39 is 11.7 Å². The van der Waals surface area contributed by atoms with Gasteiger partial charge in [-0.2, -0.15) is 0 Å². The monoisotopic (exact) mass is 299 g/mol. The normalized spacial score (nSPS) is 31.8. The molecule has 116 valence electrons. The summed E-state index contributed by atoms with van der Waals surface area (Å²) in [6.07, 6.45) is 1.93. The fourth-order valence-corrected chi connectivity index (χ4v) is 4.02. The van der Waals surface area contributed by atoms with E-state index in [-0.39, 0.29) is 11.5 Å². The minimum atomic E-state index is -0.652.